The van der Waals surface area contributed by atoms with Gasteiger partial charge in [-0.25, -0.2) is 9.97 Å². The van der Waals surface area contributed by atoms with Crippen molar-refractivity contribution in [2.24, 2.45) is 5.41 Å². The predicted molar refractivity (Wildman–Crippen MR) is 62.7 cm³/mol. The van der Waals surface area contributed by atoms with Gasteiger partial charge in [-0.3, -0.25) is 0 Å². The largest absolute Gasteiger partial charge is 0.451 e. The van der Waals surface area contributed by atoms with E-state index >= 15 is 0 Å². The van der Waals surface area contributed by atoms with Gasteiger partial charge in [0.15, 0.2) is 0 Å². The third-order valence-corrected chi connectivity index (χ3v) is 4.54. The van der Waals surface area contributed by atoms with E-state index in [0.717, 1.165) is 12.8 Å². The number of halogens is 3. The van der Waals surface area contributed by atoms with Crippen molar-refractivity contribution >= 4 is 0 Å². The summed E-state index contributed by atoms with van der Waals surface area (Å²) in [6.07, 6.45) is 0.891. The van der Waals surface area contributed by atoms with Crippen molar-refractivity contribution in [2.45, 2.75) is 37.5 Å². The highest BCUT2D eigenvalue weighted by molar-refractivity contribution is 5.20. The van der Waals surface area contributed by atoms with Crippen LogP contribution in [-0.2, 0) is 16.5 Å². The SMILES string of the molecule is OCC12CCC(c3cnc(C(F)(F)F)nc3)(CC1)OC2. The van der Waals surface area contributed by atoms with E-state index in [2.05, 4.69) is 9.97 Å². The lowest BCUT2D eigenvalue weighted by atomic mass is 9.65. The van der Waals surface area contributed by atoms with Gasteiger partial charge in [0.1, 0.15) is 0 Å². The van der Waals surface area contributed by atoms with Crippen molar-refractivity contribution in [2.75, 3.05) is 13.2 Å². The molecule has 0 radical (unpaired) electrons. The molecule has 2 bridgehead atoms. The highest BCUT2D eigenvalue weighted by atomic mass is 19.4. The van der Waals surface area contributed by atoms with Gasteiger partial charge in [-0.15, -0.1) is 0 Å². The Bertz CT molecular complexity index is 477. The molecule has 2 aliphatic heterocycles. The molecule has 4 rings (SSSR count). The second kappa shape index (κ2) is 4.39. The Morgan fingerprint density at radius 1 is 1.15 bits per heavy atom. The van der Waals surface area contributed by atoms with Crippen LogP contribution in [-0.4, -0.2) is 28.3 Å². The Labute approximate surface area is 114 Å². The lowest BCUT2D eigenvalue weighted by Gasteiger charge is -2.52. The molecule has 7 heteroatoms. The fraction of sp³-hybridized carbons (Fsp3) is 0.692. The molecule has 1 saturated carbocycles. The lowest BCUT2D eigenvalue weighted by molar-refractivity contribution is -0.200. The van der Waals surface area contributed by atoms with E-state index in [1.807, 2.05) is 0 Å². The molecule has 0 aromatic carbocycles. The number of alkyl halides is 3. The average Bonchev–Trinajstić information content (AvgIpc) is 2.48. The van der Waals surface area contributed by atoms with Crippen LogP contribution in [0.1, 0.15) is 37.1 Å². The van der Waals surface area contributed by atoms with Crippen molar-refractivity contribution < 1.29 is 23.0 Å². The molecule has 3 fully saturated rings. The summed E-state index contributed by atoms with van der Waals surface area (Å²) in [4.78, 5) is 6.81. The zero-order valence-corrected chi connectivity index (χ0v) is 10.8. The number of hydrogen-bond acceptors (Lipinski definition) is 4. The zero-order valence-electron chi connectivity index (χ0n) is 10.8. The lowest BCUT2D eigenvalue weighted by Crippen LogP contribution is -2.50. The van der Waals surface area contributed by atoms with E-state index in [1.54, 1.807) is 0 Å². The standard InChI is InChI=1S/C13H15F3N2O2/c14-13(15,16)10-17-5-9(6-18-10)12-3-1-11(7-19,2-4-12)8-20-12/h5-6,19H,1-4,7-8H2. The van der Waals surface area contributed by atoms with Crippen LogP contribution in [0.2, 0.25) is 0 Å². The fourth-order valence-electron chi connectivity index (χ4n) is 3.05. The monoisotopic (exact) mass is 288 g/mol. The van der Waals surface area contributed by atoms with E-state index in [0.29, 0.717) is 25.0 Å². The van der Waals surface area contributed by atoms with Crippen LogP contribution < -0.4 is 0 Å². The summed E-state index contributed by atoms with van der Waals surface area (Å²) in [5, 5.41) is 9.42. The molecule has 1 aliphatic carbocycles. The molecule has 0 atom stereocenters. The van der Waals surface area contributed by atoms with E-state index in [9.17, 15) is 18.3 Å². The summed E-state index contributed by atoms with van der Waals surface area (Å²) >= 11 is 0. The average molecular weight is 288 g/mol. The first kappa shape index (κ1) is 13.8. The summed E-state index contributed by atoms with van der Waals surface area (Å²) in [5.41, 5.74) is -0.160. The number of ether oxygens (including phenoxy) is 1. The van der Waals surface area contributed by atoms with Crippen molar-refractivity contribution in [1.82, 2.24) is 9.97 Å². The molecule has 4 nitrogen and oxygen atoms in total. The third-order valence-electron chi connectivity index (χ3n) is 4.54. The van der Waals surface area contributed by atoms with Gasteiger partial charge in [-0.2, -0.15) is 13.2 Å². The van der Waals surface area contributed by atoms with E-state index in [1.165, 1.54) is 12.4 Å². The van der Waals surface area contributed by atoms with Crippen molar-refractivity contribution in [1.29, 1.82) is 0 Å². The van der Waals surface area contributed by atoms with Crippen LogP contribution in [0.15, 0.2) is 12.4 Å². The summed E-state index contributed by atoms with van der Waals surface area (Å²) in [5.74, 6) is -1.13. The maximum atomic E-state index is 12.5. The number of rotatable bonds is 2. The van der Waals surface area contributed by atoms with Crippen LogP contribution in [0.4, 0.5) is 13.2 Å². The summed E-state index contributed by atoms with van der Waals surface area (Å²) in [6, 6.07) is 0. The van der Waals surface area contributed by atoms with Crippen LogP contribution in [0.3, 0.4) is 0 Å². The van der Waals surface area contributed by atoms with Crippen molar-refractivity contribution in [3.05, 3.63) is 23.8 Å². The Hall–Kier alpha value is -1.21. The molecule has 1 aromatic rings. The molecule has 0 amide bonds. The smallest absolute Gasteiger partial charge is 0.396 e. The highest BCUT2D eigenvalue weighted by Crippen LogP contribution is 2.53. The van der Waals surface area contributed by atoms with Gasteiger partial charge in [0.25, 0.3) is 0 Å². The van der Waals surface area contributed by atoms with Gasteiger partial charge >= 0.3 is 6.18 Å². The number of aliphatic hydroxyl groups is 1. The Morgan fingerprint density at radius 3 is 2.15 bits per heavy atom. The number of nitrogens with zero attached hydrogens (tertiary/aromatic N) is 2. The molecule has 3 aliphatic rings. The minimum absolute atomic E-state index is 0.0899. The second-order valence-electron chi connectivity index (χ2n) is 5.73. The Kier molecular flexibility index (Phi) is 3.02. The Morgan fingerprint density at radius 2 is 1.75 bits per heavy atom. The minimum atomic E-state index is -4.53. The van der Waals surface area contributed by atoms with Crippen molar-refractivity contribution in [3.8, 4) is 0 Å². The minimum Gasteiger partial charge on any atom is -0.396 e. The highest BCUT2D eigenvalue weighted by Gasteiger charge is 2.50. The first-order valence-corrected chi connectivity index (χ1v) is 6.54. The maximum Gasteiger partial charge on any atom is 0.451 e. The maximum absolute atomic E-state index is 12.5. The normalized spacial score (nSPS) is 33.4. The van der Waals surface area contributed by atoms with Crippen LogP contribution in [0, 0.1) is 5.41 Å². The van der Waals surface area contributed by atoms with Crippen LogP contribution in [0.5, 0.6) is 0 Å². The number of fused-ring (bicyclic) bond motifs is 3. The van der Waals surface area contributed by atoms with Crippen molar-refractivity contribution in [3.63, 3.8) is 0 Å². The Balaban J connectivity index is 1.84. The van der Waals surface area contributed by atoms with Gasteiger partial charge in [0.2, 0.25) is 5.82 Å². The molecule has 110 valence electrons. The molecule has 0 spiro atoms. The quantitative estimate of drug-likeness (QED) is 0.907. The van der Waals surface area contributed by atoms with Gasteiger partial charge in [0.05, 0.1) is 18.8 Å². The second-order valence-corrected chi connectivity index (χ2v) is 5.73. The van der Waals surface area contributed by atoms with Gasteiger partial charge in [0, 0.05) is 23.4 Å². The van der Waals surface area contributed by atoms with Gasteiger partial charge in [-0.05, 0) is 25.7 Å². The third kappa shape index (κ3) is 2.09. The van der Waals surface area contributed by atoms with Crippen LogP contribution in [0.25, 0.3) is 0 Å². The number of aromatic nitrogens is 2. The number of hydrogen-bond donors (Lipinski definition) is 1. The summed E-state index contributed by atoms with van der Waals surface area (Å²) in [6.45, 7) is 0.525. The summed E-state index contributed by atoms with van der Waals surface area (Å²) < 4.78 is 43.2. The van der Waals surface area contributed by atoms with Crippen LogP contribution >= 0.6 is 0 Å². The molecule has 20 heavy (non-hydrogen) atoms. The zero-order chi connectivity index (χ0) is 14.4. The van der Waals surface area contributed by atoms with E-state index in [4.69, 9.17) is 4.74 Å². The fourth-order valence-corrected chi connectivity index (χ4v) is 3.05. The molecule has 3 heterocycles. The molecule has 0 unspecified atom stereocenters. The molecular weight excluding hydrogens is 273 g/mol. The molecule has 1 N–H and O–H groups in total. The molecular formula is C13H15F3N2O2. The summed E-state index contributed by atoms with van der Waals surface area (Å²) in [7, 11) is 0. The molecule has 1 aromatic heterocycles. The first-order valence-electron chi connectivity index (χ1n) is 6.54. The first-order chi connectivity index (χ1) is 9.39. The van der Waals surface area contributed by atoms with Gasteiger partial charge in [-0.1, -0.05) is 0 Å². The topological polar surface area (TPSA) is 55.2 Å². The van der Waals surface area contributed by atoms with Gasteiger partial charge < -0.3 is 9.84 Å². The predicted octanol–water partition coefficient (Wildman–Crippen LogP) is 2.27. The van der Waals surface area contributed by atoms with E-state index < -0.39 is 17.6 Å². The van der Waals surface area contributed by atoms with E-state index in [-0.39, 0.29) is 12.0 Å². The number of aliphatic hydroxyl groups excluding tert-OH is 1. The molecule has 2 saturated heterocycles.